The van der Waals surface area contributed by atoms with E-state index in [4.69, 9.17) is 4.98 Å². The number of hydrogen-bond acceptors (Lipinski definition) is 2. The number of rotatable bonds is 2. The van der Waals surface area contributed by atoms with E-state index in [-0.39, 0.29) is 5.41 Å². The maximum Gasteiger partial charge on any atom is 0.336 e. The second-order valence-electron chi connectivity index (χ2n) is 9.19. The van der Waals surface area contributed by atoms with Crippen LogP contribution in [0.25, 0.3) is 22.6 Å². The molecule has 1 heterocycles. The van der Waals surface area contributed by atoms with Crippen LogP contribution in [-0.4, -0.2) is 16.1 Å². The van der Waals surface area contributed by atoms with Crippen molar-refractivity contribution >= 4 is 28.5 Å². The van der Waals surface area contributed by atoms with E-state index in [2.05, 4.69) is 58.0 Å². The number of benzene rings is 2. The average molecular weight is 386 g/mol. The predicted octanol–water partition coefficient (Wildman–Crippen LogP) is 6.35. The number of nitrogens with zero attached hydrogens (tertiary/aromatic N) is 1. The van der Waals surface area contributed by atoms with Gasteiger partial charge in [0.15, 0.2) is 0 Å². The van der Waals surface area contributed by atoms with Crippen LogP contribution in [0.1, 0.15) is 66.9 Å². The van der Waals surface area contributed by atoms with Gasteiger partial charge in [-0.1, -0.05) is 70.2 Å². The fraction of sp³-hybridized carbons (Fsp3) is 0.308. The molecule has 0 amide bonds. The minimum Gasteiger partial charge on any atom is -0.478 e. The van der Waals surface area contributed by atoms with Gasteiger partial charge >= 0.3 is 5.97 Å². The minimum absolute atomic E-state index is 0.120. The highest BCUT2D eigenvalue weighted by Gasteiger charge is 2.27. The van der Waals surface area contributed by atoms with Gasteiger partial charge < -0.3 is 5.11 Å². The Morgan fingerprint density at radius 3 is 2.41 bits per heavy atom. The van der Waals surface area contributed by atoms with Crippen LogP contribution in [-0.2, 0) is 11.8 Å². The van der Waals surface area contributed by atoms with E-state index in [0.29, 0.717) is 11.5 Å². The number of carboxylic acids is 1. The van der Waals surface area contributed by atoms with E-state index in [9.17, 15) is 9.90 Å². The van der Waals surface area contributed by atoms with Gasteiger partial charge in [-0.05, 0) is 58.6 Å². The minimum atomic E-state index is -0.872. The van der Waals surface area contributed by atoms with Crippen LogP contribution in [0.5, 0.6) is 0 Å². The van der Waals surface area contributed by atoms with Gasteiger partial charge in [0.1, 0.15) is 0 Å². The molecular weight excluding hydrogens is 358 g/mol. The molecular formula is C26H27NO2. The quantitative estimate of drug-likeness (QED) is 0.559. The van der Waals surface area contributed by atoms with Crippen molar-refractivity contribution in [1.29, 1.82) is 0 Å². The van der Waals surface area contributed by atoms with E-state index in [1.165, 1.54) is 5.56 Å². The van der Waals surface area contributed by atoms with Crippen LogP contribution in [0.4, 0.5) is 0 Å². The number of carbonyl (C=O) groups is 1. The molecule has 4 rings (SSSR count). The highest BCUT2D eigenvalue weighted by atomic mass is 16.4. The third-order valence-corrected chi connectivity index (χ3v) is 5.75. The smallest absolute Gasteiger partial charge is 0.336 e. The molecule has 2 aromatic carbocycles. The molecule has 3 aromatic rings. The molecule has 1 N–H and O–H groups in total. The SMILES string of the molecule is CC1C/C(=C\c2ccc(C(C)(C)C)cc2)c2nc3ccccc3c(C(=O)O)c2C1. The third kappa shape index (κ3) is 3.69. The Bertz CT molecular complexity index is 1120. The van der Waals surface area contributed by atoms with Gasteiger partial charge in [-0.3, -0.25) is 0 Å². The predicted molar refractivity (Wildman–Crippen MR) is 119 cm³/mol. The third-order valence-electron chi connectivity index (χ3n) is 5.75. The highest BCUT2D eigenvalue weighted by molar-refractivity contribution is 6.05. The molecule has 3 heteroatoms. The van der Waals surface area contributed by atoms with Gasteiger partial charge in [-0.15, -0.1) is 0 Å². The number of pyridine rings is 1. The Morgan fingerprint density at radius 1 is 1.07 bits per heavy atom. The van der Waals surface area contributed by atoms with Crippen molar-refractivity contribution in [2.24, 2.45) is 5.92 Å². The van der Waals surface area contributed by atoms with Crippen LogP contribution in [0.15, 0.2) is 48.5 Å². The second-order valence-corrected chi connectivity index (χ2v) is 9.19. The summed E-state index contributed by atoms with van der Waals surface area (Å²) in [7, 11) is 0. The molecule has 1 aliphatic rings. The normalized spacial score (nSPS) is 18.1. The Balaban J connectivity index is 1.88. The second kappa shape index (κ2) is 7.14. The Morgan fingerprint density at radius 2 is 1.76 bits per heavy atom. The lowest BCUT2D eigenvalue weighted by Crippen LogP contribution is -2.17. The van der Waals surface area contributed by atoms with Gasteiger partial charge in [0, 0.05) is 5.39 Å². The Hall–Kier alpha value is -2.94. The maximum atomic E-state index is 12.1. The molecule has 1 aromatic heterocycles. The summed E-state index contributed by atoms with van der Waals surface area (Å²) in [4.78, 5) is 17.0. The van der Waals surface area contributed by atoms with Gasteiger partial charge in [0.05, 0.1) is 16.8 Å². The lowest BCUT2D eigenvalue weighted by Gasteiger charge is -2.26. The molecule has 0 radical (unpaired) electrons. The molecule has 1 unspecified atom stereocenters. The van der Waals surface area contributed by atoms with Gasteiger partial charge in [-0.2, -0.15) is 0 Å². The molecule has 29 heavy (non-hydrogen) atoms. The molecule has 3 nitrogen and oxygen atoms in total. The van der Waals surface area contributed by atoms with Crippen molar-refractivity contribution in [3.8, 4) is 0 Å². The fourth-order valence-electron chi connectivity index (χ4n) is 4.26. The van der Waals surface area contributed by atoms with Crippen molar-refractivity contribution in [3.63, 3.8) is 0 Å². The molecule has 1 atom stereocenters. The summed E-state index contributed by atoms with van der Waals surface area (Å²) in [5.41, 5.74) is 6.53. The molecule has 0 fully saturated rings. The largest absolute Gasteiger partial charge is 0.478 e. The van der Waals surface area contributed by atoms with Crippen LogP contribution >= 0.6 is 0 Å². The summed E-state index contributed by atoms with van der Waals surface area (Å²) >= 11 is 0. The van der Waals surface area contributed by atoms with E-state index >= 15 is 0 Å². The van der Waals surface area contributed by atoms with Crippen LogP contribution < -0.4 is 0 Å². The summed E-state index contributed by atoms with van der Waals surface area (Å²) in [5.74, 6) is -0.494. The highest BCUT2D eigenvalue weighted by Crippen LogP contribution is 2.38. The van der Waals surface area contributed by atoms with Crippen LogP contribution in [0, 0.1) is 5.92 Å². The summed E-state index contributed by atoms with van der Waals surface area (Å²) in [6.07, 6.45) is 3.82. The number of fused-ring (bicyclic) bond motifs is 2. The lowest BCUT2D eigenvalue weighted by molar-refractivity contribution is 0.0697. The van der Waals surface area contributed by atoms with E-state index < -0.39 is 5.97 Å². The first-order valence-electron chi connectivity index (χ1n) is 10.2. The van der Waals surface area contributed by atoms with E-state index in [1.54, 1.807) is 0 Å². The number of aromatic carboxylic acids is 1. The number of carboxylic acid groups (broad SMARTS) is 1. The van der Waals surface area contributed by atoms with E-state index in [0.717, 1.165) is 46.1 Å². The molecule has 0 spiro atoms. The van der Waals surface area contributed by atoms with Crippen molar-refractivity contribution in [1.82, 2.24) is 4.98 Å². The maximum absolute atomic E-state index is 12.1. The monoisotopic (exact) mass is 385 g/mol. The molecule has 148 valence electrons. The molecule has 1 aliphatic carbocycles. The Labute approximate surface area is 172 Å². The van der Waals surface area contributed by atoms with Gasteiger partial charge in [-0.25, -0.2) is 9.78 Å². The van der Waals surface area contributed by atoms with Crippen LogP contribution in [0.3, 0.4) is 0 Å². The average Bonchev–Trinajstić information content (AvgIpc) is 2.66. The number of allylic oxidation sites excluding steroid dienone is 1. The first kappa shape index (κ1) is 19.4. The van der Waals surface area contributed by atoms with E-state index in [1.807, 2.05) is 24.3 Å². The summed E-state index contributed by atoms with van der Waals surface area (Å²) in [6.45, 7) is 8.81. The molecule has 0 saturated carbocycles. The molecule has 0 saturated heterocycles. The summed E-state index contributed by atoms with van der Waals surface area (Å²) in [5, 5.41) is 10.7. The number of aromatic nitrogens is 1. The van der Waals surface area contributed by atoms with Crippen LogP contribution in [0.2, 0.25) is 0 Å². The lowest BCUT2D eigenvalue weighted by atomic mass is 9.80. The zero-order chi connectivity index (χ0) is 20.8. The first-order valence-corrected chi connectivity index (χ1v) is 10.2. The number of para-hydroxylation sites is 1. The van der Waals surface area contributed by atoms with Gasteiger partial charge in [0.2, 0.25) is 0 Å². The van der Waals surface area contributed by atoms with Crippen molar-refractivity contribution < 1.29 is 9.90 Å². The number of hydrogen-bond donors (Lipinski definition) is 1. The zero-order valence-electron chi connectivity index (χ0n) is 17.5. The zero-order valence-corrected chi connectivity index (χ0v) is 17.5. The molecule has 0 bridgehead atoms. The van der Waals surface area contributed by atoms with Gasteiger partial charge in [0.25, 0.3) is 0 Å². The fourth-order valence-corrected chi connectivity index (χ4v) is 4.26. The summed E-state index contributed by atoms with van der Waals surface area (Å²) < 4.78 is 0. The summed E-state index contributed by atoms with van der Waals surface area (Å²) in [6, 6.07) is 16.2. The van der Waals surface area contributed by atoms with Crippen molar-refractivity contribution in [3.05, 3.63) is 76.5 Å². The Kier molecular flexibility index (Phi) is 4.77. The first-order chi connectivity index (χ1) is 13.7. The van der Waals surface area contributed by atoms with Crippen molar-refractivity contribution in [2.75, 3.05) is 0 Å². The standard InChI is InChI=1S/C26H27NO2/c1-16-13-18(15-17-9-11-19(12-10-17)26(2,3)4)24-21(14-16)23(25(28)29)20-7-5-6-8-22(20)27-24/h5-12,15-16H,13-14H2,1-4H3,(H,28,29)/b18-15+. The van der Waals surface area contributed by atoms with Crippen molar-refractivity contribution in [2.45, 2.75) is 46.0 Å². The molecule has 0 aliphatic heterocycles. The topological polar surface area (TPSA) is 50.2 Å².